The number of carbonyl (C=O) groups is 1. The van der Waals surface area contributed by atoms with E-state index < -0.39 is 5.97 Å². The molecule has 0 amide bonds. The summed E-state index contributed by atoms with van der Waals surface area (Å²) in [5, 5.41) is 9.28. The van der Waals surface area contributed by atoms with Gasteiger partial charge in [-0.05, 0) is 11.6 Å². The highest BCUT2D eigenvalue weighted by atomic mass is 16.5. The number of hydrogen-bond acceptors (Lipinski definition) is 3. The summed E-state index contributed by atoms with van der Waals surface area (Å²) in [5.74, 6) is -0.707. The van der Waals surface area contributed by atoms with Crippen molar-refractivity contribution in [2.75, 3.05) is 0 Å². The van der Waals surface area contributed by atoms with Crippen LogP contribution in [0.1, 0.15) is 15.9 Å². The van der Waals surface area contributed by atoms with Gasteiger partial charge < -0.3 is 9.84 Å². The van der Waals surface area contributed by atoms with Gasteiger partial charge in [0.05, 0.1) is 11.3 Å². The largest absolute Gasteiger partial charge is 0.478 e. The Bertz CT molecular complexity index is 801. The smallest absolute Gasteiger partial charge is 0.335 e. The van der Waals surface area contributed by atoms with E-state index >= 15 is 0 Å². The van der Waals surface area contributed by atoms with E-state index in [2.05, 4.69) is 4.98 Å². The number of benzene rings is 2. The first kappa shape index (κ1) is 14.8. The van der Waals surface area contributed by atoms with Crippen LogP contribution in [0.5, 0.6) is 5.88 Å². The molecule has 4 nitrogen and oxygen atoms in total. The zero-order valence-corrected chi connectivity index (χ0v) is 12.3. The number of aromatic carboxylic acids is 1. The van der Waals surface area contributed by atoms with Crippen LogP contribution in [0, 0.1) is 0 Å². The van der Waals surface area contributed by atoms with Crippen molar-refractivity contribution in [1.82, 2.24) is 4.98 Å². The molecule has 1 aromatic heterocycles. The van der Waals surface area contributed by atoms with Crippen LogP contribution in [0.25, 0.3) is 11.3 Å². The Hall–Kier alpha value is -3.14. The van der Waals surface area contributed by atoms with Gasteiger partial charge in [0.15, 0.2) is 0 Å². The van der Waals surface area contributed by atoms with Crippen molar-refractivity contribution >= 4 is 5.97 Å². The highest BCUT2D eigenvalue weighted by Gasteiger charge is 2.11. The SMILES string of the molecule is O=C(O)c1cc(OCc2ccccc2)nc(-c2ccccc2)c1. The molecule has 2 aromatic carbocycles. The Morgan fingerprint density at radius 3 is 2.26 bits per heavy atom. The number of carboxylic acid groups (broad SMARTS) is 1. The van der Waals surface area contributed by atoms with Gasteiger partial charge in [0, 0.05) is 11.6 Å². The van der Waals surface area contributed by atoms with E-state index in [1.807, 2.05) is 60.7 Å². The number of rotatable bonds is 5. The van der Waals surface area contributed by atoms with Crippen LogP contribution < -0.4 is 4.74 Å². The molecule has 23 heavy (non-hydrogen) atoms. The average Bonchev–Trinajstić information content (AvgIpc) is 2.61. The molecule has 4 heteroatoms. The second kappa shape index (κ2) is 6.75. The van der Waals surface area contributed by atoms with Crippen molar-refractivity contribution in [1.29, 1.82) is 0 Å². The zero-order chi connectivity index (χ0) is 16.1. The van der Waals surface area contributed by atoms with E-state index in [-0.39, 0.29) is 5.56 Å². The van der Waals surface area contributed by atoms with Gasteiger partial charge in [-0.25, -0.2) is 9.78 Å². The van der Waals surface area contributed by atoms with Gasteiger partial charge in [-0.2, -0.15) is 0 Å². The minimum atomic E-state index is -1.01. The van der Waals surface area contributed by atoms with E-state index in [4.69, 9.17) is 4.74 Å². The van der Waals surface area contributed by atoms with Crippen LogP contribution in [0.3, 0.4) is 0 Å². The number of aromatic nitrogens is 1. The van der Waals surface area contributed by atoms with Crippen LogP contribution in [0.15, 0.2) is 72.8 Å². The standard InChI is InChI=1S/C19H15NO3/c21-19(22)16-11-17(15-9-5-2-6-10-15)20-18(12-16)23-13-14-7-3-1-4-8-14/h1-12H,13H2,(H,21,22). The zero-order valence-electron chi connectivity index (χ0n) is 12.3. The first-order valence-electron chi connectivity index (χ1n) is 7.20. The molecular formula is C19H15NO3. The first-order valence-corrected chi connectivity index (χ1v) is 7.20. The van der Waals surface area contributed by atoms with Gasteiger partial charge >= 0.3 is 5.97 Å². The molecule has 0 atom stereocenters. The summed E-state index contributed by atoms with van der Waals surface area (Å²) in [6.45, 7) is 0.338. The summed E-state index contributed by atoms with van der Waals surface area (Å²) in [7, 11) is 0. The van der Waals surface area contributed by atoms with Crippen molar-refractivity contribution in [3.05, 3.63) is 83.9 Å². The first-order chi connectivity index (χ1) is 11.2. The van der Waals surface area contributed by atoms with E-state index in [1.54, 1.807) is 6.07 Å². The van der Waals surface area contributed by atoms with E-state index in [1.165, 1.54) is 6.07 Å². The topological polar surface area (TPSA) is 59.4 Å². The summed E-state index contributed by atoms with van der Waals surface area (Å²) < 4.78 is 5.67. The molecule has 0 aliphatic rings. The third-order valence-corrected chi connectivity index (χ3v) is 3.35. The summed E-state index contributed by atoms with van der Waals surface area (Å²) in [5.41, 5.74) is 2.58. The highest BCUT2D eigenvalue weighted by Crippen LogP contribution is 2.22. The maximum absolute atomic E-state index is 11.3. The lowest BCUT2D eigenvalue weighted by molar-refractivity contribution is 0.0696. The Morgan fingerprint density at radius 1 is 0.957 bits per heavy atom. The molecule has 3 aromatic rings. The van der Waals surface area contributed by atoms with Crippen molar-refractivity contribution in [2.45, 2.75) is 6.61 Å². The van der Waals surface area contributed by atoms with E-state index in [9.17, 15) is 9.90 Å². The van der Waals surface area contributed by atoms with Crippen molar-refractivity contribution < 1.29 is 14.6 Å². The fourth-order valence-electron chi connectivity index (χ4n) is 2.19. The molecule has 0 aliphatic heterocycles. The summed E-state index contributed by atoms with van der Waals surface area (Å²) >= 11 is 0. The van der Waals surface area contributed by atoms with Crippen LogP contribution in [0.4, 0.5) is 0 Å². The minimum absolute atomic E-state index is 0.155. The average molecular weight is 305 g/mol. The second-order valence-corrected chi connectivity index (χ2v) is 5.02. The van der Waals surface area contributed by atoms with Gasteiger partial charge in [0.2, 0.25) is 5.88 Å². The molecule has 3 rings (SSSR count). The maximum atomic E-state index is 11.3. The summed E-state index contributed by atoms with van der Waals surface area (Å²) in [6, 6.07) is 22.1. The Balaban J connectivity index is 1.90. The van der Waals surface area contributed by atoms with Crippen LogP contribution >= 0.6 is 0 Å². The van der Waals surface area contributed by atoms with Gasteiger partial charge in [-0.15, -0.1) is 0 Å². The van der Waals surface area contributed by atoms with Gasteiger partial charge in [0.25, 0.3) is 0 Å². The number of ether oxygens (including phenoxy) is 1. The molecule has 0 radical (unpaired) electrons. The molecule has 0 saturated carbocycles. The van der Waals surface area contributed by atoms with E-state index in [0.717, 1.165) is 11.1 Å². The predicted molar refractivity (Wildman–Crippen MR) is 87.4 cm³/mol. The lowest BCUT2D eigenvalue weighted by Gasteiger charge is -2.09. The molecule has 0 aliphatic carbocycles. The van der Waals surface area contributed by atoms with Gasteiger partial charge in [-0.3, -0.25) is 0 Å². The normalized spacial score (nSPS) is 10.3. The quantitative estimate of drug-likeness (QED) is 0.773. The predicted octanol–water partition coefficient (Wildman–Crippen LogP) is 4.03. The van der Waals surface area contributed by atoms with Crippen molar-refractivity contribution in [2.24, 2.45) is 0 Å². The van der Waals surface area contributed by atoms with Crippen molar-refractivity contribution in [3.8, 4) is 17.1 Å². The van der Waals surface area contributed by atoms with Crippen LogP contribution in [-0.4, -0.2) is 16.1 Å². The van der Waals surface area contributed by atoms with Crippen LogP contribution in [-0.2, 0) is 6.61 Å². The minimum Gasteiger partial charge on any atom is -0.478 e. The molecule has 0 unspecified atom stereocenters. The maximum Gasteiger partial charge on any atom is 0.335 e. The number of carboxylic acids is 1. The molecule has 0 fully saturated rings. The van der Waals surface area contributed by atoms with E-state index in [0.29, 0.717) is 18.2 Å². The lowest BCUT2D eigenvalue weighted by Crippen LogP contribution is -2.02. The fourth-order valence-corrected chi connectivity index (χ4v) is 2.19. The third-order valence-electron chi connectivity index (χ3n) is 3.35. The lowest BCUT2D eigenvalue weighted by atomic mass is 10.1. The Labute approximate surface area is 134 Å². The summed E-state index contributed by atoms with van der Waals surface area (Å²) in [6.07, 6.45) is 0. The van der Waals surface area contributed by atoms with Crippen LogP contribution in [0.2, 0.25) is 0 Å². The second-order valence-electron chi connectivity index (χ2n) is 5.02. The molecule has 0 spiro atoms. The molecular weight excluding hydrogens is 290 g/mol. The monoisotopic (exact) mass is 305 g/mol. The highest BCUT2D eigenvalue weighted by molar-refractivity contribution is 5.89. The van der Waals surface area contributed by atoms with Gasteiger partial charge in [-0.1, -0.05) is 60.7 Å². The third kappa shape index (κ3) is 3.74. The molecule has 1 heterocycles. The molecule has 1 N–H and O–H groups in total. The Morgan fingerprint density at radius 2 is 1.61 bits per heavy atom. The molecule has 0 saturated heterocycles. The number of pyridine rings is 1. The number of nitrogens with zero attached hydrogens (tertiary/aromatic N) is 1. The fraction of sp³-hybridized carbons (Fsp3) is 0.0526. The molecule has 0 bridgehead atoms. The Kier molecular flexibility index (Phi) is 4.34. The molecule has 114 valence electrons. The number of hydrogen-bond donors (Lipinski definition) is 1. The van der Waals surface area contributed by atoms with Crippen molar-refractivity contribution in [3.63, 3.8) is 0 Å². The van der Waals surface area contributed by atoms with Gasteiger partial charge in [0.1, 0.15) is 6.61 Å². The summed E-state index contributed by atoms with van der Waals surface area (Å²) in [4.78, 5) is 15.7.